The second-order valence-corrected chi connectivity index (χ2v) is 6.74. The number of fused-ring (bicyclic) bond motifs is 1. The van der Waals surface area contributed by atoms with E-state index in [4.69, 9.17) is 10.5 Å². The fourth-order valence-corrected chi connectivity index (χ4v) is 3.22. The van der Waals surface area contributed by atoms with Gasteiger partial charge in [0.2, 0.25) is 0 Å². The van der Waals surface area contributed by atoms with E-state index >= 15 is 0 Å². The van der Waals surface area contributed by atoms with Gasteiger partial charge in [0.25, 0.3) is 5.56 Å². The van der Waals surface area contributed by atoms with E-state index in [9.17, 15) is 4.79 Å². The van der Waals surface area contributed by atoms with Crippen molar-refractivity contribution in [3.05, 3.63) is 26.6 Å². The first-order chi connectivity index (χ1) is 9.90. The molecule has 0 fully saturated rings. The molecule has 0 unspecified atom stereocenters. The molecule has 0 spiro atoms. The number of nitrogens with zero attached hydrogens (tertiary/aromatic N) is 1. The highest BCUT2D eigenvalue weighted by Crippen LogP contribution is 2.25. The Hall–Kier alpha value is -1.24. The van der Waals surface area contributed by atoms with E-state index < -0.39 is 0 Å². The number of thiophene rings is 1. The van der Waals surface area contributed by atoms with E-state index in [1.165, 1.54) is 0 Å². The maximum absolute atomic E-state index is 12.1. The molecular weight excluding hydrogens is 286 g/mol. The first-order valence-corrected chi connectivity index (χ1v) is 8.07. The van der Waals surface area contributed by atoms with Crippen molar-refractivity contribution in [1.29, 1.82) is 0 Å². The number of aryl methyl sites for hydroxylation is 2. The van der Waals surface area contributed by atoms with Crippen LogP contribution in [-0.4, -0.2) is 22.1 Å². The predicted molar refractivity (Wildman–Crippen MR) is 86.9 cm³/mol. The standard InChI is InChI=1S/C15H23N3O2S/c1-5-15(16,6-2)8-20-7-11-17-13(19)12-9(3)10(4)21-14(12)18-11/h5-8,16H2,1-4H3,(H,17,18,19). The summed E-state index contributed by atoms with van der Waals surface area (Å²) in [7, 11) is 0. The van der Waals surface area contributed by atoms with Crippen molar-refractivity contribution in [3.8, 4) is 0 Å². The van der Waals surface area contributed by atoms with Crippen LogP contribution in [0.15, 0.2) is 4.79 Å². The van der Waals surface area contributed by atoms with Gasteiger partial charge in [-0.25, -0.2) is 4.98 Å². The zero-order valence-electron chi connectivity index (χ0n) is 13.1. The molecule has 0 aliphatic carbocycles. The minimum atomic E-state index is -0.305. The average molecular weight is 309 g/mol. The van der Waals surface area contributed by atoms with Gasteiger partial charge in [-0.3, -0.25) is 4.79 Å². The molecule has 116 valence electrons. The quantitative estimate of drug-likeness (QED) is 0.859. The number of hydrogen-bond donors (Lipinski definition) is 2. The molecule has 2 aromatic rings. The van der Waals surface area contributed by atoms with Crippen molar-refractivity contribution < 1.29 is 4.74 Å². The number of rotatable bonds is 6. The van der Waals surface area contributed by atoms with Crippen LogP contribution < -0.4 is 11.3 Å². The fourth-order valence-electron chi connectivity index (χ4n) is 2.17. The summed E-state index contributed by atoms with van der Waals surface area (Å²) in [6, 6.07) is 0. The third kappa shape index (κ3) is 3.33. The minimum absolute atomic E-state index is 0.0922. The Morgan fingerprint density at radius 2 is 2.00 bits per heavy atom. The Labute approximate surface area is 128 Å². The molecule has 21 heavy (non-hydrogen) atoms. The number of H-pyrrole nitrogens is 1. The first kappa shape index (κ1) is 16.1. The van der Waals surface area contributed by atoms with Gasteiger partial charge in [0.15, 0.2) is 0 Å². The summed E-state index contributed by atoms with van der Waals surface area (Å²) in [5, 5.41) is 0.691. The van der Waals surface area contributed by atoms with Gasteiger partial charge in [-0.2, -0.15) is 0 Å². The van der Waals surface area contributed by atoms with Gasteiger partial charge in [0.1, 0.15) is 17.3 Å². The number of hydrogen-bond acceptors (Lipinski definition) is 5. The Balaban J connectivity index is 2.15. The maximum Gasteiger partial charge on any atom is 0.259 e. The van der Waals surface area contributed by atoms with Crippen LogP contribution in [0.5, 0.6) is 0 Å². The average Bonchev–Trinajstić information content (AvgIpc) is 2.74. The van der Waals surface area contributed by atoms with Crippen molar-refractivity contribution in [3.63, 3.8) is 0 Å². The fraction of sp³-hybridized carbons (Fsp3) is 0.600. The molecule has 0 amide bonds. The zero-order chi connectivity index (χ0) is 15.6. The summed E-state index contributed by atoms with van der Waals surface area (Å²) in [5.41, 5.74) is 6.80. The van der Waals surface area contributed by atoms with Crippen molar-refractivity contribution in [1.82, 2.24) is 9.97 Å². The van der Waals surface area contributed by atoms with E-state index in [0.717, 1.165) is 28.1 Å². The van der Waals surface area contributed by atoms with Crippen LogP contribution in [0.3, 0.4) is 0 Å². The molecule has 3 N–H and O–H groups in total. The third-order valence-corrected chi connectivity index (χ3v) is 5.23. The Morgan fingerprint density at radius 1 is 1.33 bits per heavy atom. The molecule has 0 atom stereocenters. The second-order valence-electron chi connectivity index (χ2n) is 5.54. The molecule has 0 saturated carbocycles. The van der Waals surface area contributed by atoms with Gasteiger partial charge in [-0.1, -0.05) is 13.8 Å². The summed E-state index contributed by atoms with van der Waals surface area (Å²) in [6.07, 6.45) is 1.71. The number of aromatic nitrogens is 2. The van der Waals surface area contributed by atoms with Crippen LogP contribution in [0.2, 0.25) is 0 Å². The van der Waals surface area contributed by atoms with E-state index in [1.54, 1.807) is 11.3 Å². The Kier molecular flexibility index (Phi) is 4.81. The van der Waals surface area contributed by atoms with Gasteiger partial charge in [0.05, 0.1) is 12.0 Å². The van der Waals surface area contributed by atoms with E-state index in [0.29, 0.717) is 17.8 Å². The van der Waals surface area contributed by atoms with E-state index in [-0.39, 0.29) is 17.7 Å². The highest BCUT2D eigenvalue weighted by Gasteiger charge is 2.20. The third-order valence-electron chi connectivity index (χ3n) is 4.12. The van der Waals surface area contributed by atoms with Gasteiger partial charge < -0.3 is 15.5 Å². The van der Waals surface area contributed by atoms with Crippen molar-refractivity contribution >= 4 is 21.6 Å². The minimum Gasteiger partial charge on any atom is -0.372 e. The highest BCUT2D eigenvalue weighted by molar-refractivity contribution is 7.18. The monoisotopic (exact) mass is 309 g/mol. The SMILES string of the molecule is CCC(N)(CC)COCc1nc2sc(C)c(C)c2c(=O)[nH]1. The summed E-state index contributed by atoms with van der Waals surface area (Å²) in [6.45, 7) is 8.80. The lowest BCUT2D eigenvalue weighted by Crippen LogP contribution is -2.43. The molecule has 0 bridgehead atoms. The summed E-state index contributed by atoms with van der Waals surface area (Å²) >= 11 is 1.54. The lowest BCUT2D eigenvalue weighted by molar-refractivity contribution is 0.0658. The molecule has 5 nitrogen and oxygen atoms in total. The molecule has 0 aromatic carbocycles. The van der Waals surface area contributed by atoms with Crippen LogP contribution >= 0.6 is 11.3 Å². The predicted octanol–water partition coefficient (Wildman–Crippen LogP) is 2.64. The van der Waals surface area contributed by atoms with Crippen LogP contribution in [0.4, 0.5) is 0 Å². The number of nitrogens with one attached hydrogen (secondary N) is 1. The highest BCUT2D eigenvalue weighted by atomic mass is 32.1. The molecule has 6 heteroatoms. The van der Waals surface area contributed by atoms with E-state index in [1.807, 2.05) is 13.8 Å². The molecule has 2 aromatic heterocycles. The van der Waals surface area contributed by atoms with Gasteiger partial charge >= 0.3 is 0 Å². The van der Waals surface area contributed by atoms with Crippen molar-refractivity contribution in [2.75, 3.05) is 6.61 Å². The molecule has 0 radical (unpaired) electrons. The van der Waals surface area contributed by atoms with Crippen LogP contribution in [0, 0.1) is 13.8 Å². The molecule has 2 heterocycles. The van der Waals surface area contributed by atoms with Crippen LogP contribution in [-0.2, 0) is 11.3 Å². The summed E-state index contributed by atoms with van der Waals surface area (Å²) in [5.74, 6) is 0.559. The second kappa shape index (κ2) is 6.25. The van der Waals surface area contributed by atoms with Crippen molar-refractivity contribution in [2.45, 2.75) is 52.7 Å². The zero-order valence-corrected chi connectivity index (χ0v) is 13.9. The smallest absolute Gasteiger partial charge is 0.259 e. The van der Waals surface area contributed by atoms with E-state index in [2.05, 4.69) is 23.8 Å². The first-order valence-electron chi connectivity index (χ1n) is 7.25. The summed E-state index contributed by atoms with van der Waals surface area (Å²) in [4.78, 5) is 21.3. The maximum atomic E-state index is 12.1. The lowest BCUT2D eigenvalue weighted by Gasteiger charge is -2.26. The largest absolute Gasteiger partial charge is 0.372 e. The van der Waals surface area contributed by atoms with Gasteiger partial charge in [-0.05, 0) is 32.3 Å². The van der Waals surface area contributed by atoms with Gasteiger partial charge in [-0.15, -0.1) is 11.3 Å². The Bertz CT molecular complexity index is 686. The number of aromatic amines is 1. The topological polar surface area (TPSA) is 81.0 Å². The molecule has 0 saturated heterocycles. The normalized spacial score (nSPS) is 12.2. The Morgan fingerprint density at radius 3 is 2.62 bits per heavy atom. The van der Waals surface area contributed by atoms with Gasteiger partial charge in [0, 0.05) is 10.4 Å². The molecule has 0 aliphatic rings. The van der Waals surface area contributed by atoms with Crippen molar-refractivity contribution in [2.24, 2.45) is 5.73 Å². The molecule has 0 aliphatic heterocycles. The van der Waals surface area contributed by atoms with Crippen LogP contribution in [0.25, 0.3) is 10.2 Å². The summed E-state index contributed by atoms with van der Waals surface area (Å²) < 4.78 is 5.65. The number of nitrogens with two attached hydrogens (primary N) is 1. The lowest BCUT2D eigenvalue weighted by atomic mass is 9.96. The molecular formula is C15H23N3O2S. The number of ether oxygens (including phenoxy) is 1. The molecule has 2 rings (SSSR count). The van der Waals surface area contributed by atoms with Crippen LogP contribution in [0.1, 0.15) is 43.0 Å².